The van der Waals surface area contributed by atoms with Crippen molar-refractivity contribution < 1.29 is 19.1 Å². The molecule has 2 amide bonds. The van der Waals surface area contributed by atoms with Gasteiger partial charge in [-0.05, 0) is 50.3 Å². The van der Waals surface area contributed by atoms with Crippen LogP contribution in [-0.4, -0.2) is 63.2 Å². The van der Waals surface area contributed by atoms with Crippen molar-refractivity contribution in [3.8, 4) is 11.5 Å². The molecule has 0 aliphatic carbocycles. The van der Waals surface area contributed by atoms with E-state index >= 15 is 0 Å². The average molecular weight is 375 g/mol. The second-order valence-corrected chi connectivity index (χ2v) is 7.19. The van der Waals surface area contributed by atoms with E-state index in [1.807, 2.05) is 4.90 Å². The van der Waals surface area contributed by atoms with E-state index in [1.165, 1.54) is 0 Å². The van der Waals surface area contributed by atoms with Crippen LogP contribution < -0.4 is 20.1 Å². The highest BCUT2D eigenvalue weighted by molar-refractivity contribution is 5.98. The Morgan fingerprint density at radius 2 is 2.07 bits per heavy atom. The van der Waals surface area contributed by atoms with Gasteiger partial charge in [0.25, 0.3) is 5.91 Å². The summed E-state index contributed by atoms with van der Waals surface area (Å²) in [4.78, 5) is 27.1. The van der Waals surface area contributed by atoms with Gasteiger partial charge < -0.3 is 25.0 Å². The summed E-state index contributed by atoms with van der Waals surface area (Å²) in [7, 11) is 3.10. The number of likely N-dealkylation sites (tertiary alicyclic amines) is 1. The molecule has 0 aromatic heterocycles. The van der Waals surface area contributed by atoms with Crippen LogP contribution in [0.1, 0.15) is 36.0 Å². The van der Waals surface area contributed by atoms with Gasteiger partial charge >= 0.3 is 0 Å². The lowest BCUT2D eigenvalue weighted by molar-refractivity contribution is -0.123. The van der Waals surface area contributed by atoms with Gasteiger partial charge in [0.2, 0.25) is 5.91 Å². The smallest absolute Gasteiger partial charge is 0.257 e. The van der Waals surface area contributed by atoms with Crippen LogP contribution in [0.3, 0.4) is 0 Å². The molecule has 7 nitrogen and oxygen atoms in total. The molecule has 2 saturated heterocycles. The van der Waals surface area contributed by atoms with Gasteiger partial charge in [-0.25, -0.2) is 0 Å². The lowest BCUT2D eigenvalue weighted by atomic mass is 9.97. The number of carbonyl (C=O) groups excluding carboxylic acids is 2. The third-order valence-electron chi connectivity index (χ3n) is 5.38. The largest absolute Gasteiger partial charge is 0.493 e. The normalized spacial score (nSPS) is 22.4. The maximum atomic E-state index is 13.0. The Bertz CT molecular complexity index is 673. The van der Waals surface area contributed by atoms with Crippen molar-refractivity contribution in [3.05, 3.63) is 23.8 Å². The molecule has 27 heavy (non-hydrogen) atoms. The van der Waals surface area contributed by atoms with Crippen molar-refractivity contribution >= 4 is 11.8 Å². The number of hydrogen-bond donors (Lipinski definition) is 2. The number of hydrogen-bond acceptors (Lipinski definition) is 5. The molecular weight excluding hydrogens is 346 g/mol. The fraction of sp³-hybridized carbons (Fsp3) is 0.600. The van der Waals surface area contributed by atoms with Gasteiger partial charge in [-0.15, -0.1) is 0 Å². The van der Waals surface area contributed by atoms with E-state index < -0.39 is 0 Å². The average Bonchev–Trinajstić information content (AvgIpc) is 3.26. The summed E-state index contributed by atoms with van der Waals surface area (Å²) in [5.41, 5.74) is 0.511. The summed E-state index contributed by atoms with van der Waals surface area (Å²) >= 11 is 0. The van der Waals surface area contributed by atoms with Gasteiger partial charge in [-0.2, -0.15) is 0 Å². The number of rotatable bonds is 6. The molecule has 0 saturated carbocycles. The summed E-state index contributed by atoms with van der Waals surface area (Å²) in [6, 6.07) is 5.28. The first-order valence-electron chi connectivity index (χ1n) is 9.65. The first-order chi connectivity index (χ1) is 13.1. The van der Waals surface area contributed by atoms with Gasteiger partial charge in [-0.3, -0.25) is 9.59 Å². The van der Waals surface area contributed by atoms with Crippen molar-refractivity contribution in [3.63, 3.8) is 0 Å². The van der Waals surface area contributed by atoms with Crippen LogP contribution in [0, 0.1) is 5.92 Å². The number of ether oxygens (including phenoxy) is 2. The standard InChI is InChI=1S/C20H29N3O4/c1-26-17-9-3-7-15(18(17)27-2)20(25)23-11-5-6-14(13-23)12-22-19(24)16-8-4-10-21-16/h3,7,9,14,16,21H,4-6,8,10-13H2,1-2H3,(H,22,24). The highest BCUT2D eigenvalue weighted by Gasteiger charge is 2.28. The number of amides is 2. The van der Waals surface area contributed by atoms with Gasteiger partial charge in [0.05, 0.1) is 25.8 Å². The Hall–Kier alpha value is -2.28. The lowest BCUT2D eigenvalue weighted by Gasteiger charge is -2.33. The van der Waals surface area contributed by atoms with Crippen LogP contribution >= 0.6 is 0 Å². The van der Waals surface area contributed by atoms with Gasteiger partial charge in [0.1, 0.15) is 0 Å². The monoisotopic (exact) mass is 375 g/mol. The molecule has 0 bridgehead atoms. The van der Waals surface area contributed by atoms with E-state index in [4.69, 9.17) is 9.47 Å². The van der Waals surface area contributed by atoms with Crippen LogP contribution in [0.5, 0.6) is 11.5 Å². The number of nitrogens with zero attached hydrogens (tertiary/aromatic N) is 1. The predicted molar refractivity (Wildman–Crippen MR) is 102 cm³/mol. The molecule has 2 N–H and O–H groups in total. The molecule has 3 rings (SSSR count). The van der Waals surface area contributed by atoms with Crippen LogP contribution in [0.2, 0.25) is 0 Å². The molecule has 2 fully saturated rings. The Morgan fingerprint density at radius 1 is 1.22 bits per heavy atom. The van der Waals surface area contributed by atoms with Gasteiger partial charge in [0, 0.05) is 19.6 Å². The van der Waals surface area contributed by atoms with Crippen molar-refractivity contribution in [1.29, 1.82) is 0 Å². The van der Waals surface area contributed by atoms with Gasteiger partial charge in [0.15, 0.2) is 11.5 Å². The molecule has 2 atom stereocenters. The van der Waals surface area contributed by atoms with E-state index in [0.29, 0.717) is 36.7 Å². The van der Waals surface area contributed by atoms with Crippen molar-refractivity contribution in [1.82, 2.24) is 15.5 Å². The highest BCUT2D eigenvalue weighted by Crippen LogP contribution is 2.32. The fourth-order valence-corrected chi connectivity index (χ4v) is 3.92. The van der Waals surface area contributed by atoms with E-state index in [1.54, 1.807) is 32.4 Å². The van der Waals surface area contributed by atoms with Crippen LogP contribution in [0.4, 0.5) is 0 Å². The number of carbonyl (C=O) groups is 2. The fourth-order valence-electron chi connectivity index (χ4n) is 3.92. The van der Waals surface area contributed by atoms with Crippen molar-refractivity contribution in [2.24, 2.45) is 5.92 Å². The molecule has 2 aliphatic heterocycles. The SMILES string of the molecule is COc1cccc(C(=O)N2CCCC(CNC(=O)C3CCCN3)C2)c1OC. The molecule has 148 valence electrons. The van der Waals surface area contributed by atoms with Crippen LogP contribution in [-0.2, 0) is 4.79 Å². The second kappa shape index (κ2) is 9.08. The maximum Gasteiger partial charge on any atom is 0.257 e. The Morgan fingerprint density at radius 3 is 2.78 bits per heavy atom. The summed E-state index contributed by atoms with van der Waals surface area (Å²) < 4.78 is 10.7. The number of para-hydroxylation sites is 1. The first-order valence-corrected chi connectivity index (χ1v) is 9.65. The molecule has 1 aromatic rings. The number of piperidine rings is 1. The maximum absolute atomic E-state index is 13.0. The zero-order chi connectivity index (χ0) is 19.2. The molecule has 0 radical (unpaired) electrons. The van der Waals surface area contributed by atoms with Crippen molar-refractivity contribution in [2.45, 2.75) is 31.7 Å². The third-order valence-corrected chi connectivity index (χ3v) is 5.38. The predicted octanol–water partition coefficient (Wildman–Crippen LogP) is 1.42. The molecule has 2 heterocycles. The molecule has 0 spiro atoms. The first kappa shape index (κ1) is 19.5. The zero-order valence-corrected chi connectivity index (χ0v) is 16.1. The Kier molecular flexibility index (Phi) is 6.55. The number of methoxy groups -OCH3 is 2. The summed E-state index contributed by atoms with van der Waals surface area (Å²) in [5.74, 6) is 1.30. The quantitative estimate of drug-likeness (QED) is 0.786. The topological polar surface area (TPSA) is 79.9 Å². The molecule has 7 heteroatoms. The summed E-state index contributed by atoms with van der Waals surface area (Å²) in [6.45, 7) is 2.87. The number of benzene rings is 1. The van der Waals surface area contributed by atoms with E-state index in [-0.39, 0.29) is 23.8 Å². The number of nitrogens with one attached hydrogen (secondary N) is 2. The molecular formula is C20H29N3O4. The molecule has 2 unspecified atom stereocenters. The lowest BCUT2D eigenvalue weighted by Crippen LogP contribution is -2.46. The van der Waals surface area contributed by atoms with Crippen LogP contribution in [0.15, 0.2) is 18.2 Å². The minimum atomic E-state index is -0.0626. The van der Waals surface area contributed by atoms with E-state index in [0.717, 1.165) is 32.2 Å². The van der Waals surface area contributed by atoms with E-state index in [2.05, 4.69) is 10.6 Å². The Labute approximate surface area is 160 Å². The van der Waals surface area contributed by atoms with Gasteiger partial charge in [-0.1, -0.05) is 6.07 Å². The van der Waals surface area contributed by atoms with E-state index in [9.17, 15) is 9.59 Å². The summed E-state index contributed by atoms with van der Waals surface area (Å²) in [6.07, 6.45) is 3.89. The Balaban J connectivity index is 1.60. The molecule has 1 aromatic carbocycles. The van der Waals surface area contributed by atoms with Crippen LogP contribution in [0.25, 0.3) is 0 Å². The highest BCUT2D eigenvalue weighted by atomic mass is 16.5. The second-order valence-electron chi connectivity index (χ2n) is 7.19. The summed E-state index contributed by atoms with van der Waals surface area (Å²) in [5, 5.41) is 6.26. The van der Waals surface area contributed by atoms with Crippen molar-refractivity contribution in [2.75, 3.05) is 40.4 Å². The zero-order valence-electron chi connectivity index (χ0n) is 16.1. The minimum absolute atomic E-state index is 0.0563. The minimum Gasteiger partial charge on any atom is -0.493 e. The molecule has 2 aliphatic rings. The third kappa shape index (κ3) is 4.53.